The summed E-state index contributed by atoms with van der Waals surface area (Å²) in [6.07, 6.45) is 0. The van der Waals surface area contributed by atoms with Crippen molar-refractivity contribution in [1.29, 1.82) is 0 Å². The van der Waals surface area contributed by atoms with Crippen LogP contribution in [-0.2, 0) is 10.0 Å². The molecule has 2 unspecified atom stereocenters. The van der Waals surface area contributed by atoms with Gasteiger partial charge in [0.2, 0.25) is 10.0 Å². The summed E-state index contributed by atoms with van der Waals surface area (Å²) in [6, 6.07) is 7.14. The predicted molar refractivity (Wildman–Crippen MR) is 87.8 cm³/mol. The normalized spacial score (nSPS) is 15.7. The van der Waals surface area contributed by atoms with E-state index in [0.29, 0.717) is 4.90 Å². The summed E-state index contributed by atoms with van der Waals surface area (Å²) in [5, 5.41) is 3.31. The molecule has 120 valence electrons. The molecule has 0 radical (unpaired) electrons. The Labute approximate surface area is 129 Å². The van der Waals surface area contributed by atoms with E-state index in [1.807, 2.05) is 46.8 Å². The summed E-state index contributed by atoms with van der Waals surface area (Å²) in [7, 11) is -3.47. The summed E-state index contributed by atoms with van der Waals surface area (Å²) >= 11 is 0. The molecule has 0 spiro atoms. The first-order chi connectivity index (χ1) is 9.58. The first kappa shape index (κ1) is 18.1. The Morgan fingerprint density at radius 1 is 1.10 bits per heavy atom. The smallest absolute Gasteiger partial charge is 0.240 e. The Morgan fingerprint density at radius 3 is 2.05 bits per heavy atom. The van der Waals surface area contributed by atoms with Gasteiger partial charge in [0, 0.05) is 12.1 Å². The maximum atomic E-state index is 12.4. The van der Waals surface area contributed by atoms with Gasteiger partial charge in [-0.25, -0.2) is 13.1 Å². The van der Waals surface area contributed by atoms with Crippen LogP contribution in [0.2, 0.25) is 0 Å². The number of sulfonamides is 1. The summed E-state index contributed by atoms with van der Waals surface area (Å²) in [5.74, 6) is 0. The number of hydrogen-bond donors (Lipinski definition) is 2. The van der Waals surface area contributed by atoms with Gasteiger partial charge in [-0.1, -0.05) is 39.8 Å². The van der Waals surface area contributed by atoms with Crippen LogP contribution in [0.25, 0.3) is 0 Å². The lowest BCUT2D eigenvalue weighted by Crippen LogP contribution is -2.41. The van der Waals surface area contributed by atoms with Crippen molar-refractivity contribution in [2.45, 2.75) is 58.5 Å². The molecule has 1 aromatic carbocycles. The molecular formula is C16H28N2O2S. The molecule has 0 aliphatic rings. The van der Waals surface area contributed by atoms with E-state index in [2.05, 4.69) is 17.0 Å². The minimum Gasteiger partial charge on any atom is -0.310 e. The molecule has 0 saturated heterocycles. The van der Waals surface area contributed by atoms with E-state index < -0.39 is 10.0 Å². The quantitative estimate of drug-likeness (QED) is 0.848. The highest BCUT2D eigenvalue weighted by molar-refractivity contribution is 7.89. The van der Waals surface area contributed by atoms with Gasteiger partial charge in [0.05, 0.1) is 4.90 Å². The van der Waals surface area contributed by atoms with E-state index in [-0.39, 0.29) is 17.5 Å². The first-order valence-electron chi connectivity index (χ1n) is 7.43. The Hall–Kier alpha value is -0.910. The summed E-state index contributed by atoms with van der Waals surface area (Å²) < 4.78 is 27.5. The van der Waals surface area contributed by atoms with Crippen LogP contribution in [0.3, 0.4) is 0 Å². The topological polar surface area (TPSA) is 58.2 Å². The molecule has 1 aromatic rings. The van der Waals surface area contributed by atoms with Crippen LogP contribution >= 0.6 is 0 Å². The van der Waals surface area contributed by atoms with Gasteiger partial charge < -0.3 is 5.32 Å². The van der Waals surface area contributed by atoms with Crippen molar-refractivity contribution in [3.8, 4) is 0 Å². The van der Waals surface area contributed by atoms with E-state index in [1.54, 1.807) is 12.1 Å². The van der Waals surface area contributed by atoms with Crippen molar-refractivity contribution in [3.05, 3.63) is 29.8 Å². The fourth-order valence-corrected chi connectivity index (χ4v) is 3.29. The average molecular weight is 312 g/mol. The van der Waals surface area contributed by atoms with E-state index in [0.717, 1.165) is 12.1 Å². The SMILES string of the molecule is CCNC(C)c1ccc(S(=O)(=O)NC(C)C(C)(C)C)cc1. The maximum absolute atomic E-state index is 12.4. The lowest BCUT2D eigenvalue weighted by atomic mass is 9.89. The molecular weight excluding hydrogens is 284 g/mol. The second kappa shape index (κ2) is 6.90. The lowest BCUT2D eigenvalue weighted by molar-refractivity contribution is 0.317. The highest BCUT2D eigenvalue weighted by Crippen LogP contribution is 2.22. The molecule has 0 aliphatic heterocycles. The molecule has 5 heteroatoms. The molecule has 21 heavy (non-hydrogen) atoms. The van der Waals surface area contributed by atoms with Crippen molar-refractivity contribution < 1.29 is 8.42 Å². The zero-order valence-corrected chi connectivity index (χ0v) is 14.7. The minimum absolute atomic E-state index is 0.118. The molecule has 0 aromatic heterocycles. The van der Waals surface area contributed by atoms with Gasteiger partial charge in [0.15, 0.2) is 0 Å². The predicted octanol–water partition coefficient (Wildman–Crippen LogP) is 3.07. The zero-order valence-electron chi connectivity index (χ0n) is 13.9. The highest BCUT2D eigenvalue weighted by atomic mass is 32.2. The Kier molecular flexibility index (Phi) is 5.96. The van der Waals surface area contributed by atoms with Gasteiger partial charge in [-0.2, -0.15) is 0 Å². The summed E-state index contributed by atoms with van der Waals surface area (Å²) in [6.45, 7) is 12.9. The molecule has 0 heterocycles. The van der Waals surface area contributed by atoms with Crippen LogP contribution in [0.4, 0.5) is 0 Å². The first-order valence-corrected chi connectivity index (χ1v) is 8.92. The van der Waals surface area contributed by atoms with Crippen LogP contribution < -0.4 is 10.0 Å². The van der Waals surface area contributed by atoms with E-state index in [4.69, 9.17) is 0 Å². The molecule has 0 saturated carbocycles. The van der Waals surface area contributed by atoms with E-state index >= 15 is 0 Å². The van der Waals surface area contributed by atoms with Gasteiger partial charge in [-0.05, 0) is 43.5 Å². The van der Waals surface area contributed by atoms with Gasteiger partial charge in [-0.15, -0.1) is 0 Å². The fraction of sp³-hybridized carbons (Fsp3) is 0.625. The molecule has 1 rings (SSSR count). The van der Waals surface area contributed by atoms with Gasteiger partial charge in [0.1, 0.15) is 0 Å². The summed E-state index contributed by atoms with van der Waals surface area (Å²) in [5.41, 5.74) is 0.965. The number of nitrogens with one attached hydrogen (secondary N) is 2. The Morgan fingerprint density at radius 2 is 1.62 bits per heavy atom. The van der Waals surface area contributed by atoms with Crippen LogP contribution in [-0.4, -0.2) is 21.0 Å². The second-order valence-electron chi connectivity index (χ2n) is 6.56. The molecule has 0 amide bonds. The highest BCUT2D eigenvalue weighted by Gasteiger charge is 2.25. The molecule has 4 nitrogen and oxygen atoms in total. The zero-order chi connectivity index (χ0) is 16.3. The van der Waals surface area contributed by atoms with Crippen molar-refractivity contribution in [1.82, 2.24) is 10.0 Å². The van der Waals surface area contributed by atoms with Gasteiger partial charge in [-0.3, -0.25) is 0 Å². The third-order valence-electron chi connectivity index (χ3n) is 3.83. The van der Waals surface area contributed by atoms with Gasteiger partial charge >= 0.3 is 0 Å². The lowest BCUT2D eigenvalue weighted by Gasteiger charge is -2.27. The standard InChI is InChI=1S/C16H28N2O2S/c1-7-17-12(2)14-8-10-15(11-9-14)21(19,20)18-13(3)16(4,5)6/h8-13,17-18H,7H2,1-6H3. The number of benzene rings is 1. The second-order valence-corrected chi connectivity index (χ2v) is 8.27. The van der Waals surface area contributed by atoms with E-state index in [9.17, 15) is 8.42 Å². The Bertz CT molecular complexity index is 545. The minimum atomic E-state index is -3.47. The third kappa shape index (κ3) is 5.09. The van der Waals surface area contributed by atoms with Crippen LogP contribution in [0, 0.1) is 5.41 Å². The molecule has 2 N–H and O–H groups in total. The van der Waals surface area contributed by atoms with Crippen LogP contribution in [0.5, 0.6) is 0 Å². The maximum Gasteiger partial charge on any atom is 0.240 e. The molecule has 2 atom stereocenters. The van der Waals surface area contributed by atoms with Crippen molar-refractivity contribution >= 4 is 10.0 Å². The Balaban J connectivity index is 2.90. The van der Waals surface area contributed by atoms with Crippen molar-refractivity contribution in [2.24, 2.45) is 5.41 Å². The fourth-order valence-electron chi connectivity index (χ4n) is 1.84. The average Bonchev–Trinajstić information content (AvgIpc) is 2.37. The number of rotatable bonds is 6. The van der Waals surface area contributed by atoms with Crippen molar-refractivity contribution in [3.63, 3.8) is 0 Å². The molecule has 0 bridgehead atoms. The summed E-state index contributed by atoms with van der Waals surface area (Å²) in [4.78, 5) is 0.311. The van der Waals surface area contributed by atoms with Crippen molar-refractivity contribution in [2.75, 3.05) is 6.54 Å². The monoisotopic (exact) mass is 312 g/mol. The molecule has 0 fully saturated rings. The molecule has 0 aliphatic carbocycles. The van der Waals surface area contributed by atoms with E-state index in [1.165, 1.54) is 0 Å². The third-order valence-corrected chi connectivity index (χ3v) is 5.39. The van der Waals surface area contributed by atoms with Gasteiger partial charge in [0.25, 0.3) is 0 Å². The van der Waals surface area contributed by atoms with Crippen LogP contribution in [0.1, 0.15) is 53.1 Å². The number of hydrogen-bond acceptors (Lipinski definition) is 3. The largest absolute Gasteiger partial charge is 0.310 e. The van der Waals surface area contributed by atoms with Crippen LogP contribution in [0.15, 0.2) is 29.2 Å².